The molecule has 1 rings (SSSR count). The number of carbonyl (C=O) groups excluding carboxylic acids is 1. The highest BCUT2D eigenvalue weighted by Gasteiger charge is 2.05. The summed E-state index contributed by atoms with van der Waals surface area (Å²) in [5, 5.41) is 18.7. The van der Waals surface area contributed by atoms with Gasteiger partial charge in [-0.15, -0.1) is 0 Å². The molecule has 0 saturated heterocycles. The van der Waals surface area contributed by atoms with Crippen molar-refractivity contribution in [2.45, 2.75) is 19.4 Å². The molecule has 0 saturated carbocycles. The van der Waals surface area contributed by atoms with Crippen molar-refractivity contribution in [2.24, 2.45) is 0 Å². The zero-order chi connectivity index (χ0) is 16.2. The molecule has 0 amide bonds. The van der Waals surface area contributed by atoms with Crippen LogP contribution in [0.5, 0.6) is 5.75 Å². The lowest BCUT2D eigenvalue weighted by Crippen LogP contribution is -2.02. The van der Waals surface area contributed by atoms with Crippen molar-refractivity contribution in [3.05, 3.63) is 54.1 Å². The van der Waals surface area contributed by atoms with Crippen molar-refractivity contribution in [2.75, 3.05) is 19.8 Å². The van der Waals surface area contributed by atoms with E-state index in [0.29, 0.717) is 18.8 Å². The fraction of sp³-hybridized carbons (Fsp3) is 0.353. The SMILES string of the molecule is CCOC(=O)/C=C/C=C/C[C@H](O)c1ccc(OCCO)cc1. The summed E-state index contributed by atoms with van der Waals surface area (Å²) in [6, 6.07) is 7.05. The predicted octanol–water partition coefficient (Wildman–Crippen LogP) is 2.16. The summed E-state index contributed by atoms with van der Waals surface area (Å²) in [6.45, 7) is 2.31. The summed E-state index contributed by atoms with van der Waals surface area (Å²) >= 11 is 0. The van der Waals surface area contributed by atoms with Gasteiger partial charge < -0.3 is 19.7 Å². The number of aliphatic hydroxyl groups is 2. The third-order valence-corrected chi connectivity index (χ3v) is 2.75. The molecule has 0 spiro atoms. The minimum absolute atomic E-state index is 0.0332. The second-order valence-electron chi connectivity index (χ2n) is 4.43. The molecular weight excluding hydrogens is 284 g/mol. The van der Waals surface area contributed by atoms with E-state index in [-0.39, 0.29) is 19.2 Å². The third-order valence-electron chi connectivity index (χ3n) is 2.75. The smallest absolute Gasteiger partial charge is 0.330 e. The maximum absolute atomic E-state index is 11.0. The Morgan fingerprint density at radius 3 is 2.64 bits per heavy atom. The number of hydrogen-bond acceptors (Lipinski definition) is 5. The third kappa shape index (κ3) is 7.06. The molecule has 0 aromatic heterocycles. The van der Waals surface area contributed by atoms with Gasteiger partial charge in [-0.25, -0.2) is 4.79 Å². The normalized spacial score (nSPS) is 12.7. The van der Waals surface area contributed by atoms with Crippen molar-refractivity contribution < 1.29 is 24.5 Å². The first-order valence-corrected chi connectivity index (χ1v) is 7.19. The quantitative estimate of drug-likeness (QED) is 0.415. The summed E-state index contributed by atoms with van der Waals surface area (Å²) in [5.74, 6) is 0.268. The predicted molar refractivity (Wildman–Crippen MR) is 83.5 cm³/mol. The van der Waals surface area contributed by atoms with Crippen LogP contribution in [0.25, 0.3) is 0 Å². The van der Waals surface area contributed by atoms with Crippen molar-refractivity contribution >= 4 is 5.97 Å². The largest absolute Gasteiger partial charge is 0.491 e. The number of esters is 1. The minimum atomic E-state index is -0.626. The van der Waals surface area contributed by atoms with Crippen LogP contribution in [0.1, 0.15) is 25.0 Å². The number of benzene rings is 1. The van der Waals surface area contributed by atoms with Gasteiger partial charge in [-0.05, 0) is 31.0 Å². The molecule has 5 heteroatoms. The van der Waals surface area contributed by atoms with Crippen LogP contribution in [-0.2, 0) is 9.53 Å². The molecule has 0 aliphatic heterocycles. The van der Waals surface area contributed by atoms with Gasteiger partial charge in [0.25, 0.3) is 0 Å². The average Bonchev–Trinajstić information content (AvgIpc) is 2.53. The molecular formula is C17H22O5. The highest BCUT2D eigenvalue weighted by atomic mass is 16.5. The molecule has 0 heterocycles. The van der Waals surface area contributed by atoms with Crippen molar-refractivity contribution in [1.29, 1.82) is 0 Å². The van der Waals surface area contributed by atoms with Crippen LogP contribution in [0.4, 0.5) is 0 Å². The van der Waals surface area contributed by atoms with Crippen molar-refractivity contribution in [3.63, 3.8) is 0 Å². The van der Waals surface area contributed by atoms with E-state index in [1.165, 1.54) is 6.08 Å². The number of hydrogen-bond donors (Lipinski definition) is 2. The molecule has 0 bridgehead atoms. The summed E-state index contributed by atoms with van der Waals surface area (Å²) in [6.07, 6.45) is 6.19. The van der Waals surface area contributed by atoms with Crippen LogP contribution in [0, 0.1) is 0 Å². The van der Waals surface area contributed by atoms with Gasteiger partial charge in [0.15, 0.2) is 0 Å². The van der Waals surface area contributed by atoms with E-state index in [1.807, 2.05) is 0 Å². The Morgan fingerprint density at radius 2 is 2.00 bits per heavy atom. The lowest BCUT2D eigenvalue weighted by Gasteiger charge is -2.09. The Labute approximate surface area is 130 Å². The Balaban J connectivity index is 2.41. The van der Waals surface area contributed by atoms with Crippen LogP contribution in [-0.4, -0.2) is 36.0 Å². The van der Waals surface area contributed by atoms with Crippen LogP contribution < -0.4 is 4.74 Å². The summed E-state index contributed by atoms with van der Waals surface area (Å²) in [5.41, 5.74) is 0.773. The van der Waals surface area contributed by atoms with Gasteiger partial charge in [0.1, 0.15) is 12.4 Å². The van der Waals surface area contributed by atoms with E-state index in [2.05, 4.69) is 0 Å². The maximum Gasteiger partial charge on any atom is 0.330 e. The van der Waals surface area contributed by atoms with Gasteiger partial charge in [0.05, 0.1) is 19.3 Å². The molecule has 0 fully saturated rings. The fourth-order valence-corrected chi connectivity index (χ4v) is 1.70. The Bertz CT molecular complexity index is 490. The number of carbonyl (C=O) groups is 1. The minimum Gasteiger partial charge on any atom is -0.491 e. The zero-order valence-electron chi connectivity index (χ0n) is 12.6. The number of rotatable bonds is 9. The molecule has 2 N–H and O–H groups in total. The summed E-state index contributed by atoms with van der Waals surface area (Å²) < 4.78 is 9.99. The molecule has 0 radical (unpaired) electrons. The van der Waals surface area contributed by atoms with E-state index in [0.717, 1.165) is 5.56 Å². The first-order chi connectivity index (χ1) is 10.7. The van der Waals surface area contributed by atoms with Gasteiger partial charge >= 0.3 is 5.97 Å². The van der Waals surface area contributed by atoms with E-state index in [4.69, 9.17) is 14.6 Å². The van der Waals surface area contributed by atoms with Crippen LogP contribution in [0.2, 0.25) is 0 Å². The van der Waals surface area contributed by atoms with Gasteiger partial charge in [0, 0.05) is 6.08 Å². The van der Waals surface area contributed by atoms with Crippen molar-refractivity contribution in [1.82, 2.24) is 0 Å². The number of ether oxygens (including phenoxy) is 2. The van der Waals surface area contributed by atoms with E-state index in [9.17, 15) is 9.90 Å². The zero-order valence-corrected chi connectivity index (χ0v) is 12.6. The van der Waals surface area contributed by atoms with E-state index >= 15 is 0 Å². The second kappa shape index (κ2) is 10.6. The maximum atomic E-state index is 11.0. The Morgan fingerprint density at radius 1 is 1.27 bits per heavy atom. The molecule has 0 aliphatic carbocycles. The van der Waals surface area contributed by atoms with Crippen LogP contribution in [0.3, 0.4) is 0 Å². The highest BCUT2D eigenvalue weighted by molar-refractivity contribution is 5.82. The average molecular weight is 306 g/mol. The summed E-state index contributed by atoms with van der Waals surface area (Å²) in [7, 11) is 0. The Kier molecular flexibility index (Phi) is 8.64. The molecule has 0 aliphatic rings. The van der Waals surface area contributed by atoms with Gasteiger partial charge in [-0.3, -0.25) is 0 Å². The molecule has 1 aromatic rings. The van der Waals surface area contributed by atoms with Gasteiger partial charge in [0.2, 0.25) is 0 Å². The lowest BCUT2D eigenvalue weighted by molar-refractivity contribution is -0.137. The van der Waals surface area contributed by atoms with Crippen LogP contribution in [0.15, 0.2) is 48.6 Å². The van der Waals surface area contributed by atoms with E-state index in [1.54, 1.807) is 49.4 Å². The molecule has 1 atom stereocenters. The van der Waals surface area contributed by atoms with Crippen molar-refractivity contribution in [3.8, 4) is 5.75 Å². The summed E-state index contributed by atoms with van der Waals surface area (Å²) in [4.78, 5) is 11.0. The lowest BCUT2D eigenvalue weighted by atomic mass is 10.1. The van der Waals surface area contributed by atoms with Gasteiger partial charge in [-0.1, -0.05) is 30.4 Å². The van der Waals surface area contributed by atoms with Crippen LogP contribution >= 0.6 is 0 Å². The van der Waals surface area contributed by atoms with Gasteiger partial charge in [-0.2, -0.15) is 0 Å². The highest BCUT2D eigenvalue weighted by Crippen LogP contribution is 2.20. The molecule has 22 heavy (non-hydrogen) atoms. The molecule has 120 valence electrons. The second-order valence-corrected chi connectivity index (χ2v) is 4.43. The number of allylic oxidation sites excluding steroid dienone is 2. The monoisotopic (exact) mass is 306 g/mol. The first kappa shape index (κ1) is 17.9. The standard InChI is InChI=1S/C17H22O5/c1-2-21-17(20)7-5-3-4-6-16(19)14-8-10-15(11-9-14)22-13-12-18/h3-5,7-11,16,18-19H,2,6,12-13H2,1H3/b4-3+,7-5+/t16-/m0/s1. The Hall–Kier alpha value is -2.11. The number of aliphatic hydroxyl groups excluding tert-OH is 2. The molecule has 0 unspecified atom stereocenters. The molecule has 5 nitrogen and oxygen atoms in total. The molecule has 1 aromatic carbocycles. The fourth-order valence-electron chi connectivity index (χ4n) is 1.70. The topological polar surface area (TPSA) is 76.0 Å². The first-order valence-electron chi connectivity index (χ1n) is 7.19. The van der Waals surface area contributed by atoms with E-state index < -0.39 is 6.10 Å².